The Labute approximate surface area is 126 Å². The van der Waals surface area contributed by atoms with Gasteiger partial charge in [-0.15, -0.1) is 0 Å². The van der Waals surface area contributed by atoms with Gasteiger partial charge in [0.1, 0.15) is 5.82 Å². The van der Waals surface area contributed by atoms with E-state index in [4.69, 9.17) is 0 Å². The van der Waals surface area contributed by atoms with Crippen LogP contribution >= 0.6 is 0 Å². The van der Waals surface area contributed by atoms with E-state index >= 15 is 0 Å². The van der Waals surface area contributed by atoms with E-state index in [-0.39, 0.29) is 5.82 Å². The standard InChI is InChI=1S/C19H22FN/c20-18-10-7-15(8-11-18)6-9-17(14-21-19-12-13-19)16-4-2-1-3-5-16/h1-5,7-8,10-11,17,19,21H,6,9,12-14H2. The van der Waals surface area contributed by atoms with E-state index in [1.165, 1.54) is 24.0 Å². The van der Waals surface area contributed by atoms with Crippen LogP contribution in [0.1, 0.15) is 36.3 Å². The highest BCUT2D eigenvalue weighted by Gasteiger charge is 2.22. The number of halogens is 1. The molecule has 0 aromatic heterocycles. The maximum absolute atomic E-state index is 13.0. The van der Waals surface area contributed by atoms with E-state index in [0.29, 0.717) is 5.92 Å². The van der Waals surface area contributed by atoms with Crippen LogP contribution in [0, 0.1) is 5.82 Å². The normalized spacial score (nSPS) is 15.9. The minimum Gasteiger partial charge on any atom is -0.313 e. The van der Waals surface area contributed by atoms with Gasteiger partial charge in [-0.05, 0) is 54.9 Å². The highest BCUT2D eigenvalue weighted by molar-refractivity contribution is 5.22. The van der Waals surface area contributed by atoms with Crippen LogP contribution in [0.5, 0.6) is 0 Å². The zero-order valence-electron chi connectivity index (χ0n) is 12.3. The van der Waals surface area contributed by atoms with E-state index in [9.17, 15) is 4.39 Å². The van der Waals surface area contributed by atoms with E-state index < -0.39 is 0 Å². The molecule has 1 aliphatic carbocycles. The van der Waals surface area contributed by atoms with Crippen molar-refractivity contribution in [1.29, 1.82) is 0 Å². The maximum atomic E-state index is 13.0. The molecule has 3 rings (SSSR count). The second-order valence-electron chi connectivity index (χ2n) is 5.96. The molecule has 0 amide bonds. The van der Waals surface area contributed by atoms with Gasteiger partial charge in [0, 0.05) is 12.6 Å². The smallest absolute Gasteiger partial charge is 0.123 e. The Morgan fingerprint density at radius 1 is 1.00 bits per heavy atom. The summed E-state index contributed by atoms with van der Waals surface area (Å²) in [5.74, 6) is 0.366. The summed E-state index contributed by atoms with van der Waals surface area (Å²) in [6.45, 7) is 1.04. The van der Waals surface area contributed by atoms with Crippen molar-refractivity contribution in [1.82, 2.24) is 5.32 Å². The van der Waals surface area contributed by atoms with Crippen molar-refractivity contribution >= 4 is 0 Å². The highest BCUT2D eigenvalue weighted by Crippen LogP contribution is 2.24. The molecule has 1 atom stereocenters. The van der Waals surface area contributed by atoms with Crippen molar-refractivity contribution < 1.29 is 4.39 Å². The van der Waals surface area contributed by atoms with Crippen molar-refractivity contribution in [3.05, 3.63) is 71.5 Å². The summed E-state index contributed by atoms with van der Waals surface area (Å²) in [7, 11) is 0. The van der Waals surface area contributed by atoms with E-state index in [1.54, 1.807) is 12.1 Å². The molecule has 0 radical (unpaired) electrons. The fourth-order valence-corrected chi connectivity index (χ4v) is 2.70. The van der Waals surface area contributed by atoms with Gasteiger partial charge in [0.2, 0.25) is 0 Å². The Balaban J connectivity index is 1.62. The molecule has 0 heterocycles. The first-order valence-corrected chi connectivity index (χ1v) is 7.84. The van der Waals surface area contributed by atoms with Crippen molar-refractivity contribution in [2.75, 3.05) is 6.54 Å². The average Bonchev–Trinajstić information content (AvgIpc) is 3.34. The molecule has 1 nitrogen and oxygen atoms in total. The Morgan fingerprint density at radius 3 is 2.38 bits per heavy atom. The molecule has 2 aromatic rings. The van der Waals surface area contributed by atoms with Crippen molar-refractivity contribution in [2.45, 2.75) is 37.6 Å². The van der Waals surface area contributed by atoms with E-state index in [1.807, 2.05) is 12.1 Å². The van der Waals surface area contributed by atoms with Crippen molar-refractivity contribution in [3.8, 4) is 0 Å². The molecular weight excluding hydrogens is 261 g/mol. The fraction of sp³-hybridized carbons (Fsp3) is 0.368. The minimum atomic E-state index is -0.159. The molecule has 1 N–H and O–H groups in total. The molecule has 1 fully saturated rings. The summed E-state index contributed by atoms with van der Waals surface area (Å²) in [6, 6.07) is 18.3. The van der Waals surface area contributed by atoms with Gasteiger partial charge in [-0.2, -0.15) is 0 Å². The van der Waals surface area contributed by atoms with Crippen molar-refractivity contribution in [3.63, 3.8) is 0 Å². The van der Waals surface area contributed by atoms with Crippen LogP contribution in [0.4, 0.5) is 4.39 Å². The monoisotopic (exact) mass is 283 g/mol. The summed E-state index contributed by atoms with van der Waals surface area (Å²) in [4.78, 5) is 0. The molecular formula is C19H22FN. The van der Waals surface area contributed by atoms with Crippen LogP contribution in [0.15, 0.2) is 54.6 Å². The lowest BCUT2D eigenvalue weighted by Gasteiger charge is -2.18. The third-order valence-corrected chi connectivity index (χ3v) is 4.20. The molecule has 1 saturated carbocycles. The number of nitrogens with one attached hydrogen (secondary N) is 1. The third kappa shape index (κ3) is 4.40. The topological polar surface area (TPSA) is 12.0 Å². The van der Waals surface area contributed by atoms with Crippen LogP contribution in [-0.4, -0.2) is 12.6 Å². The van der Waals surface area contributed by atoms with Gasteiger partial charge in [-0.3, -0.25) is 0 Å². The Morgan fingerprint density at radius 2 is 1.71 bits per heavy atom. The molecule has 2 aromatic carbocycles. The fourth-order valence-electron chi connectivity index (χ4n) is 2.70. The molecule has 0 spiro atoms. The molecule has 21 heavy (non-hydrogen) atoms. The quantitative estimate of drug-likeness (QED) is 0.799. The Kier molecular flexibility index (Phi) is 4.66. The summed E-state index contributed by atoms with van der Waals surface area (Å²) in [5.41, 5.74) is 2.61. The Bertz CT molecular complexity index is 546. The van der Waals surface area contributed by atoms with Crippen LogP contribution in [-0.2, 0) is 6.42 Å². The lowest BCUT2D eigenvalue weighted by Crippen LogP contribution is -2.24. The van der Waals surface area contributed by atoms with Gasteiger partial charge in [0.05, 0.1) is 0 Å². The number of hydrogen-bond acceptors (Lipinski definition) is 1. The average molecular weight is 283 g/mol. The molecule has 1 unspecified atom stereocenters. The number of aryl methyl sites for hydroxylation is 1. The maximum Gasteiger partial charge on any atom is 0.123 e. The largest absolute Gasteiger partial charge is 0.313 e. The molecule has 0 aliphatic heterocycles. The Hall–Kier alpha value is -1.67. The van der Waals surface area contributed by atoms with Gasteiger partial charge in [0.25, 0.3) is 0 Å². The number of benzene rings is 2. The predicted octanol–water partition coefficient (Wildman–Crippen LogP) is 4.29. The molecule has 0 bridgehead atoms. The van der Waals surface area contributed by atoms with Crippen molar-refractivity contribution in [2.24, 2.45) is 0 Å². The predicted molar refractivity (Wildman–Crippen MR) is 84.9 cm³/mol. The highest BCUT2D eigenvalue weighted by atomic mass is 19.1. The molecule has 2 heteroatoms. The van der Waals surface area contributed by atoms with Crippen LogP contribution in [0.2, 0.25) is 0 Å². The summed E-state index contributed by atoms with van der Waals surface area (Å²) in [5, 5.41) is 3.64. The zero-order valence-corrected chi connectivity index (χ0v) is 12.3. The lowest BCUT2D eigenvalue weighted by molar-refractivity contribution is 0.547. The first-order chi connectivity index (χ1) is 10.3. The van der Waals surface area contributed by atoms with E-state index in [2.05, 4.69) is 35.6 Å². The molecule has 0 saturated heterocycles. The van der Waals surface area contributed by atoms with Gasteiger partial charge in [-0.1, -0.05) is 42.5 Å². The van der Waals surface area contributed by atoms with Gasteiger partial charge < -0.3 is 5.32 Å². The molecule has 1 aliphatic rings. The molecule has 110 valence electrons. The SMILES string of the molecule is Fc1ccc(CCC(CNC2CC2)c2ccccc2)cc1. The summed E-state index contributed by atoms with van der Waals surface area (Å²) >= 11 is 0. The summed E-state index contributed by atoms with van der Waals surface area (Å²) in [6.07, 6.45) is 4.72. The van der Waals surface area contributed by atoms with Gasteiger partial charge in [0.15, 0.2) is 0 Å². The van der Waals surface area contributed by atoms with E-state index in [0.717, 1.165) is 25.4 Å². The number of hydrogen-bond donors (Lipinski definition) is 1. The zero-order chi connectivity index (χ0) is 14.5. The van der Waals surface area contributed by atoms with Crippen LogP contribution in [0.25, 0.3) is 0 Å². The van der Waals surface area contributed by atoms with Crippen LogP contribution in [0.3, 0.4) is 0 Å². The minimum absolute atomic E-state index is 0.159. The second kappa shape index (κ2) is 6.86. The van der Waals surface area contributed by atoms with Gasteiger partial charge >= 0.3 is 0 Å². The number of rotatable bonds is 7. The lowest BCUT2D eigenvalue weighted by atomic mass is 9.92. The third-order valence-electron chi connectivity index (χ3n) is 4.20. The first kappa shape index (κ1) is 14.3. The summed E-state index contributed by atoms with van der Waals surface area (Å²) < 4.78 is 13.0. The van der Waals surface area contributed by atoms with Gasteiger partial charge in [-0.25, -0.2) is 4.39 Å². The van der Waals surface area contributed by atoms with Crippen LogP contribution < -0.4 is 5.32 Å². The first-order valence-electron chi connectivity index (χ1n) is 7.84. The second-order valence-corrected chi connectivity index (χ2v) is 5.96.